The minimum atomic E-state index is -4.45. The summed E-state index contributed by atoms with van der Waals surface area (Å²) >= 11 is 0.559. The van der Waals surface area contributed by atoms with Gasteiger partial charge in [-0.1, -0.05) is 0 Å². The smallest absolute Gasteiger partial charge is 0.248 e. The number of alkyl halides is 3. The Kier molecular flexibility index (Phi) is 3.82. The molecule has 19 heavy (non-hydrogen) atoms. The van der Waals surface area contributed by atoms with Crippen molar-refractivity contribution in [3.05, 3.63) is 16.1 Å². The highest BCUT2D eigenvalue weighted by Crippen LogP contribution is 2.34. The largest absolute Gasteiger partial charge is 0.443 e. The Labute approximate surface area is 112 Å². The molecule has 1 aliphatic heterocycles. The molecule has 1 aromatic rings. The van der Waals surface area contributed by atoms with E-state index in [2.05, 4.69) is 9.35 Å². The van der Waals surface area contributed by atoms with Gasteiger partial charge in [0.1, 0.15) is 0 Å². The van der Waals surface area contributed by atoms with E-state index in [1.54, 1.807) is 6.19 Å². The Hall–Kier alpha value is -1.14. The lowest BCUT2D eigenvalue weighted by molar-refractivity contribution is -0.137. The first-order valence-corrected chi connectivity index (χ1v) is 8.05. The number of rotatable bonds is 2. The number of nitrogens with zero attached hydrogens (tertiary/aromatic N) is 3. The van der Waals surface area contributed by atoms with Gasteiger partial charge in [-0.3, -0.25) is 0 Å². The molecule has 0 radical (unpaired) electrons. The number of halogens is 3. The van der Waals surface area contributed by atoms with Crippen LogP contribution in [-0.4, -0.2) is 20.2 Å². The van der Waals surface area contributed by atoms with E-state index in [4.69, 9.17) is 5.26 Å². The molecule has 2 heterocycles. The third-order valence-electron chi connectivity index (χ3n) is 2.90. The Morgan fingerprint density at radius 2 is 2.37 bits per heavy atom. The summed E-state index contributed by atoms with van der Waals surface area (Å²) in [6, 6.07) is 0. The highest BCUT2D eigenvalue weighted by molar-refractivity contribution is 7.94. The second-order valence-electron chi connectivity index (χ2n) is 4.18. The van der Waals surface area contributed by atoms with Gasteiger partial charge >= 0.3 is 6.18 Å². The Balaban J connectivity index is 2.19. The minimum Gasteiger partial charge on any atom is -0.248 e. The summed E-state index contributed by atoms with van der Waals surface area (Å²) in [5.41, 5.74) is 0. The maximum absolute atomic E-state index is 12.4. The van der Waals surface area contributed by atoms with Gasteiger partial charge in [-0.15, -0.1) is 15.7 Å². The van der Waals surface area contributed by atoms with E-state index in [0.29, 0.717) is 34.8 Å². The molecule has 2 unspecified atom stereocenters. The van der Waals surface area contributed by atoms with Crippen LogP contribution < -0.4 is 0 Å². The van der Waals surface area contributed by atoms with Crippen molar-refractivity contribution in [3.8, 4) is 6.19 Å². The van der Waals surface area contributed by atoms with Gasteiger partial charge in [0.25, 0.3) is 0 Å². The number of nitriles is 1. The molecule has 0 spiro atoms. The molecule has 0 bridgehead atoms. The highest BCUT2D eigenvalue weighted by Gasteiger charge is 2.36. The van der Waals surface area contributed by atoms with E-state index in [0.717, 1.165) is 6.20 Å². The second-order valence-corrected chi connectivity index (χ2v) is 7.94. The average Bonchev–Trinajstić information content (AvgIpc) is 2.88. The highest BCUT2D eigenvalue weighted by atomic mass is 32.2. The number of hydrogen-bond acceptors (Lipinski definition) is 5. The summed E-state index contributed by atoms with van der Waals surface area (Å²) in [4.78, 5) is 3.76. The molecule has 9 heteroatoms. The van der Waals surface area contributed by atoms with Crippen LogP contribution in [0.15, 0.2) is 10.6 Å². The fraction of sp³-hybridized carbons (Fsp3) is 0.600. The quantitative estimate of drug-likeness (QED) is 0.789. The number of thiazole rings is 1. The van der Waals surface area contributed by atoms with Crippen LogP contribution >= 0.6 is 11.3 Å². The molecule has 1 aromatic heterocycles. The van der Waals surface area contributed by atoms with E-state index in [1.165, 1.54) is 0 Å². The van der Waals surface area contributed by atoms with Crippen LogP contribution in [0.5, 0.6) is 0 Å². The lowest BCUT2D eigenvalue weighted by Crippen LogP contribution is -2.17. The zero-order chi connectivity index (χ0) is 14.1. The third kappa shape index (κ3) is 3.06. The van der Waals surface area contributed by atoms with Crippen LogP contribution in [0, 0.1) is 11.5 Å². The molecule has 2 rings (SSSR count). The Morgan fingerprint density at radius 3 is 2.95 bits per heavy atom. The van der Waals surface area contributed by atoms with Crippen LogP contribution in [0.1, 0.15) is 22.7 Å². The summed E-state index contributed by atoms with van der Waals surface area (Å²) in [7, 11) is -2.61. The summed E-state index contributed by atoms with van der Waals surface area (Å²) in [6.45, 7) is 0. The third-order valence-corrected chi connectivity index (χ3v) is 6.68. The molecule has 4 nitrogen and oxygen atoms in total. The average molecular weight is 309 g/mol. The molecule has 0 aromatic carbocycles. The van der Waals surface area contributed by atoms with Crippen LogP contribution in [0.25, 0.3) is 0 Å². The normalized spacial score (nSPS) is 27.2. The van der Waals surface area contributed by atoms with Crippen LogP contribution in [0.2, 0.25) is 0 Å². The Morgan fingerprint density at radius 1 is 1.63 bits per heavy atom. The molecular weight excluding hydrogens is 299 g/mol. The first-order valence-electron chi connectivity index (χ1n) is 5.49. The van der Waals surface area contributed by atoms with Crippen molar-refractivity contribution in [1.82, 2.24) is 4.98 Å². The van der Waals surface area contributed by atoms with E-state index in [1.807, 2.05) is 0 Å². The molecule has 0 N–H and O–H groups in total. The van der Waals surface area contributed by atoms with Crippen molar-refractivity contribution in [2.75, 3.05) is 5.75 Å². The SMILES string of the molecule is N#CN=S1(=O)CCCC1Cc1cnc(C(F)(F)F)s1. The van der Waals surface area contributed by atoms with Gasteiger partial charge in [0, 0.05) is 22.1 Å². The topological polar surface area (TPSA) is 66.1 Å². The molecule has 1 aliphatic rings. The Bertz CT molecular complexity index is 623. The first-order chi connectivity index (χ1) is 8.85. The first kappa shape index (κ1) is 14.3. The summed E-state index contributed by atoms with van der Waals surface area (Å²) in [5, 5.41) is 7.28. The van der Waals surface area contributed by atoms with Gasteiger partial charge < -0.3 is 0 Å². The van der Waals surface area contributed by atoms with Crippen LogP contribution in [0.4, 0.5) is 13.2 Å². The van der Waals surface area contributed by atoms with Gasteiger partial charge in [-0.2, -0.15) is 18.4 Å². The summed E-state index contributed by atoms with van der Waals surface area (Å²) in [5.74, 6) is 0.343. The standard InChI is InChI=1S/C10H10F3N3OS2/c11-10(12,13)9-15-5-7(18-9)4-8-2-1-3-19(8,17)16-6-14/h5,8H,1-4H2. The fourth-order valence-electron chi connectivity index (χ4n) is 2.05. The molecule has 1 fully saturated rings. The number of aromatic nitrogens is 1. The van der Waals surface area contributed by atoms with Crippen molar-refractivity contribution < 1.29 is 17.4 Å². The lowest BCUT2D eigenvalue weighted by atomic mass is 10.2. The van der Waals surface area contributed by atoms with Crippen LogP contribution in [-0.2, 0) is 22.3 Å². The van der Waals surface area contributed by atoms with Crippen molar-refractivity contribution in [2.24, 2.45) is 4.36 Å². The maximum Gasteiger partial charge on any atom is 0.443 e. The molecule has 0 amide bonds. The van der Waals surface area contributed by atoms with Gasteiger partial charge in [0.15, 0.2) is 5.01 Å². The van der Waals surface area contributed by atoms with Gasteiger partial charge in [0.2, 0.25) is 6.19 Å². The molecule has 1 saturated heterocycles. The van der Waals surface area contributed by atoms with E-state index in [9.17, 15) is 17.4 Å². The van der Waals surface area contributed by atoms with E-state index < -0.39 is 20.9 Å². The molecular formula is C10H10F3N3OS2. The molecule has 0 saturated carbocycles. The zero-order valence-electron chi connectivity index (χ0n) is 9.68. The van der Waals surface area contributed by atoms with Gasteiger partial charge in [-0.25, -0.2) is 9.19 Å². The monoisotopic (exact) mass is 309 g/mol. The van der Waals surface area contributed by atoms with Crippen molar-refractivity contribution in [3.63, 3.8) is 0 Å². The zero-order valence-corrected chi connectivity index (χ0v) is 11.3. The predicted octanol–water partition coefficient (Wildman–Crippen LogP) is 2.82. The van der Waals surface area contributed by atoms with Crippen LogP contribution in [0.3, 0.4) is 0 Å². The maximum atomic E-state index is 12.4. The lowest BCUT2D eigenvalue weighted by Gasteiger charge is -2.09. The van der Waals surface area contributed by atoms with E-state index >= 15 is 0 Å². The minimum absolute atomic E-state index is 0.234. The van der Waals surface area contributed by atoms with Gasteiger partial charge in [0.05, 0.1) is 9.73 Å². The van der Waals surface area contributed by atoms with Gasteiger partial charge in [-0.05, 0) is 19.3 Å². The van der Waals surface area contributed by atoms with Crippen molar-refractivity contribution >= 4 is 21.1 Å². The van der Waals surface area contributed by atoms with Crippen molar-refractivity contribution in [1.29, 1.82) is 5.26 Å². The van der Waals surface area contributed by atoms with E-state index in [-0.39, 0.29) is 11.7 Å². The summed E-state index contributed by atoms with van der Waals surface area (Å²) < 4.78 is 53.0. The number of hydrogen-bond donors (Lipinski definition) is 0. The molecule has 0 aliphatic carbocycles. The molecule has 104 valence electrons. The van der Waals surface area contributed by atoms with Crippen molar-refractivity contribution in [2.45, 2.75) is 30.7 Å². The second kappa shape index (κ2) is 5.09. The fourth-order valence-corrected chi connectivity index (χ4v) is 5.28. The summed E-state index contributed by atoms with van der Waals surface area (Å²) in [6.07, 6.45) is -0.202. The molecule has 2 atom stereocenters. The predicted molar refractivity (Wildman–Crippen MR) is 64.9 cm³/mol.